The predicted molar refractivity (Wildman–Crippen MR) is 111 cm³/mol. The highest BCUT2D eigenvalue weighted by Gasteiger charge is 2.33. The Hall–Kier alpha value is -3.73. The summed E-state index contributed by atoms with van der Waals surface area (Å²) in [5.74, 6) is -0.368. The van der Waals surface area contributed by atoms with Gasteiger partial charge in [-0.1, -0.05) is 54.6 Å². The van der Waals surface area contributed by atoms with Crippen LogP contribution in [0.4, 0.5) is 0 Å². The molecule has 0 spiro atoms. The van der Waals surface area contributed by atoms with Crippen LogP contribution in [-0.4, -0.2) is 21.0 Å². The van der Waals surface area contributed by atoms with Crippen molar-refractivity contribution < 1.29 is 9.90 Å². The minimum Gasteiger partial charge on any atom is -0.504 e. The molecule has 5 heteroatoms. The third kappa shape index (κ3) is 3.01. The Kier molecular flexibility index (Phi) is 4.21. The lowest BCUT2D eigenvalue weighted by Gasteiger charge is -2.15. The zero-order valence-corrected chi connectivity index (χ0v) is 15.6. The maximum Gasteiger partial charge on any atom is 0.274 e. The topological polar surface area (TPSA) is 75.1 Å². The molecule has 0 aliphatic heterocycles. The number of benzene rings is 2. The van der Waals surface area contributed by atoms with Crippen LogP contribution in [0.2, 0.25) is 0 Å². The van der Waals surface area contributed by atoms with Crippen LogP contribution >= 0.6 is 0 Å². The Labute approximate surface area is 168 Å². The van der Waals surface area contributed by atoms with Crippen molar-refractivity contribution in [3.8, 4) is 5.75 Å². The number of carbonyl (C=O) groups is 1. The number of nitrogens with zero attached hydrogens (tertiary/aromatic N) is 2. The smallest absolute Gasteiger partial charge is 0.274 e. The van der Waals surface area contributed by atoms with Crippen molar-refractivity contribution in [3.63, 3.8) is 0 Å². The molecule has 2 unspecified atom stereocenters. The largest absolute Gasteiger partial charge is 0.504 e. The van der Waals surface area contributed by atoms with Gasteiger partial charge in [-0.3, -0.25) is 9.78 Å². The standard InChI is InChI=1S/C24H19N3O2/c28-23-21-16(9-6-12-25-21)14-26-22(23)24(29)27-20-13-19(15-7-2-1-3-8-15)17-10-4-5-11-18(17)20/h1-12,14,19-20,28H,13H2,(H,27,29). The predicted octanol–water partition coefficient (Wildman–Crippen LogP) is 4.34. The number of hydrogen-bond donors (Lipinski definition) is 2. The molecule has 142 valence electrons. The average Bonchev–Trinajstić information content (AvgIpc) is 3.13. The fourth-order valence-electron chi connectivity index (χ4n) is 4.19. The molecule has 0 saturated heterocycles. The maximum atomic E-state index is 13.0. The molecule has 1 aliphatic carbocycles. The van der Waals surface area contributed by atoms with E-state index in [2.05, 4.69) is 39.6 Å². The molecule has 2 heterocycles. The first-order chi connectivity index (χ1) is 14.2. The summed E-state index contributed by atoms with van der Waals surface area (Å²) in [5.41, 5.74) is 3.93. The SMILES string of the molecule is O=C(NC1CC(c2ccccc2)c2ccccc21)c1ncc2cccnc2c1O. The summed E-state index contributed by atoms with van der Waals surface area (Å²) in [6.07, 6.45) is 3.91. The number of aromatic hydroxyl groups is 1. The summed E-state index contributed by atoms with van der Waals surface area (Å²) in [6.45, 7) is 0. The Bertz CT molecular complexity index is 1210. The molecule has 5 nitrogen and oxygen atoms in total. The molecule has 1 aliphatic rings. The van der Waals surface area contributed by atoms with Gasteiger partial charge < -0.3 is 10.4 Å². The van der Waals surface area contributed by atoms with Crippen molar-refractivity contribution in [1.82, 2.24) is 15.3 Å². The number of carbonyl (C=O) groups excluding carboxylic acids is 1. The first-order valence-electron chi connectivity index (χ1n) is 9.59. The van der Waals surface area contributed by atoms with E-state index in [0.29, 0.717) is 10.9 Å². The molecule has 29 heavy (non-hydrogen) atoms. The zero-order valence-electron chi connectivity index (χ0n) is 15.6. The van der Waals surface area contributed by atoms with Gasteiger partial charge in [0.05, 0.1) is 6.04 Å². The van der Waals surface area contributed by atoms with Crippen molar-refractivity contribution in [3.05, 3.63) is 102 Å². The molecule has 0 radical (unpaired) electrons. The third-order valence-electron chi connectivity index (χ3n) is 5.56. The van der Waals surface area contributed by atoms with Crippen LogP contribution in [0.15, 0.2) is 79.1 Å². The van der Waals surface area contributed by atoms with Crippen LogP contribution in [0.1, 0.15) is 45.6 Å². The van der Waals surface area contributed by atoms with Gasteiger partial charge in [0.2, 0.25) is 0 Å². The molecule has 4 aromatic rings. The van der Waals surface area contributed by atoms with E-state index in [4.69, 9.17) is 0 Å². The molecule has 2 N–H and O–H groups in total. The number of pyridine rings is 2. The summed E-state index contributed by atoms with van der Waals surface area (Å²) in [6, 6.07) is 21.9. The number of fused-ring (bicyclic) bond motifs is 2. The molecule has 0 fully saturated rings. The van der Waals surface area contributed by atoms with Crippen LogP contribution in [0, 0.1) is 0 Å². The molecule has 0 bridgehead atoms. The molecular weight excluding hydrogens is 362 g/mol. The van der Waals surface area contributed by atoms with Gasteiger partial charge in [-0.15, -0.1) is 0 Å². The van der Waals surface area contributed by atoms with E-state index in [0.717, 1.165) is 12.0 Å². The van der Waals surface area contributed by atoms with Gasteiger partial charge in [0, 0.05) is 23.7 Å². The Morgan fingerprint density at radius 3 is 2.52 bits per heavy atom. The number of aromatic nitrogens is 2. The van der Waals surface area contributed by atoms with Gasteiger partial charge in [-0.2, -0.15) is 0 Å². The Morgan fingerprint density at radius 2 is 1.69 bits per heavy atom. The molecule has 1 amide bonds. The average molecular weight is 381 g/mol. The van der Waals surface area contributed by atoms with Crippen LogP contribution in [0.5, 0.6) is 5.75 Å². The van der Waals surface area contributed by atoms with Gasteiger partial charge in [0.15, 0.2) is 11.4 Å². The van der Waals surface area contributed by atoms with Crippen molar-refractivity contribution in [2.24, 2.45) is 0 Å². The first kappa shape index (κ1) is 17.4. The van der Waals surface area contributed by atoms with E-state index in [1.165, 1.54) is 11.1 Å². The number of nitrogens with one attached hydrogen (secondary N) is 1. The maximum absolute atomic E-state index is 13.0. The van der Waals surface area contributed by atoms with E-state index in [1.54, 1.807) is 24.5 Å². The van der Waals surface area contributed by atoms with Crippen molar-refractivity contribution in [2.75, 3.05) is 0 Å². The van der Waals surface area contributed by atoms with E-state index in [-0.39, 0.29) is 23.4 Å². The summed E-state index contributed by atoms with van der Waals surface area (Å²) in [4.78, 5) is 21.3. The van der Waals surface area contributed by atoms with Crippen LogP contribution in [0.25, 0.3) is 10.9 Å². The van der Waals surface area contributed by atoms with Crippen molar-refractivity contribution in [1.29, 1.82) is 0 Å². The number of rotatable bonds is 3. The van der Waals surface area contributed by atoms with E-state index in [1.807, 2.05) is 30.3 Å². The van der Waals surface area contributed by atoms with Crippen LogP contribution in [0.3, 0.4) is 0 Å². The summed E-state index contributed by atoms with van der Waals surface area (Å²) >= 11 is 0. The second-order valence-electron chi connectivity index (χ2n) is 7.25. The molecule has 2 atom stereocenters. The Balaban J connectivity index is 1.47. The normalized spacial score (nSPS) is 17.8. The van der Waals surface area contributed by atoms with Crippen molar-refractivity contribution in [2.45, 2.75) is 18.4 Å². The minimum absolute atomic E-state index is 0.00292. The molecule has 5 rings (SSSR count). The summed E-state index contributed by atoms with van der Waals surface area (Å²) in [7, 11) is 0. The quantitative estimate of drug-likeness (QED) is 0.553. The Morgan fingerprint density at radius 1 is 0.931 bits per heavy atom. The minimum atomic E-state index is -0.399. The molecule has 0 saturated carbocycles. The van der Waals surface area contributed by atoms with E-state index < -0.39 is 5.91 Å². The van der Waals surface area contributed by atoms with E-state index in [9.17, 15) is 9.90 Å². The second-order valence-corrected chi connectivity index (χ2v) is 7.25. The number of amides is 1. The van der Waals surface area contributed by atoms with Gasteiger partial charge in [-0.05, 0) is 35.2 Å². The van der Waals surface area contributed by atoms with Gasteiger partial charge in [-0.25, -0.2) is 4.98 Å². The van der Waals surface area contributed by atoms with Crippen molar-refractivity contribution >= 4 is 16.8 Å². The van der Waals surface area contributed by atoms with E-state index >= 15 is 0 Å². The molecule has 2 aromatic heterocycles. The van der Waals surface area contributed by atoms with Crippen LogP contribution < -0.4 is 5.32 Å². The zero-order chi connectivity index (χ0) is 19.8. The van der Waals surface area contributed by atoms with Gasteiger partial charge >= 0.3 is 0 Å². The number of hydrogen-bond acceptors (Lipinski definition) is 4. The molecule has 2 aromatic carbocycles. The summed E-state index contributed by atoms with van der Waals surface area (Å²) in [5, 5.41) is 14.3. The highest BCUT2D eigenvalue weighted by Crippen LogP contribution is 2.44. The lowest BCUT2D eigenvalue weighted by molar-refractivity contribution is 0.0928. The highest BCUT2D eigenvalue weighted by molar-refractivity contribution is 6.00. The third-order valence-corrected chi connectivity index (χ3v) is 5.56. The fraction of sp³-hybridized carbons (Fsp3) is 0.125. The first-order valence-corrected chi connectivity index (χ1v) is 9.59. The second kappa shape index (κ2) is 7.02. The highest BCUT2D eigenvalue weighted by atomic mass is 16.3. The lowest BCUT2D eigenvalue weighted by atomic mass is 9.93. The lowest BCUT2D eigenvalue weighted by Crippen LogP contribution is -2.28. The monoisotopic (exact) mass is 381 g/mol. The van der Waals surface area contributed by atoms with Gasteiger partial charge in [0.25, 0.3) is 5.91 Å². The van der Waals surface area contributed by atoms with Gasteiger partial charge in [0.1, 0.15) is 5.52 Å². The summed E-state index contributed by atoms with van der Waals surface area (Å²) < 4.78 is 0. The molecular formula is C24H19N3O2. The van der Waals surface area contributed by atoms with Crippen LogP contribution in [-0.2, 0) is 0 Å². The fourth-order valence-corrected chi connectivity index (χ4v) is 4.19.